The fourth-order valence-electron chi connectivity index (χ4n) is 1.96. The van der Waals surface area contributed by atoms with E-state index in [0.717, 1.165) is 28.7 Å². The van der Waals surface area contributed by atoms with Crippen molar-refractivity contribution in [3.05, 3.63) is 30.1 Å². The van der Waals surface area contributed by atoms with Gasteiger partial charge in [0.1, 0.15) is 5.52 Å². The smallest absolute Gasteiger partial charge is 0.189 e. The van der Waals surface area contributed by atoms with Crippen LogP contribution in [0.3, 0.4) is 0 Å². The molecule has 0 aliphatic carbocycles. The van der Waals surface area contributed by atoms with Gasteiger partial charge in [0.05, 0.1) is 5.52 Å². The van der Waals surface area contributed by atoms with Crippen LogP contribution in [0.5, 0.6) is 0 Å². The summed E-state index contributed by atoms with van der Waals surface area (Å²) in [6.07, 6.45) is 0.766. The fourth-order valence-corrected chi connectivity index (χ4v) is 1.96. The summed E-state index contributed by atoms with van der Waals surface area (Å²) in [5.74, 6) is 6.82. The van der Waals surface area contributed by atoms with Gasteiger partial charge in [-0.25, -0.2) is 10.4 Å². The van der Waals surface area contributed by atoms with Gasteiger partial charge in [0.2, 0.25) is 0 Å². The Kier molecular flexibility index (Phi) is 2.15. The van der Waals surface area contributed by atoms with Crippen molar-refractivity contribution in [3.8, 4) is 0 Å². The normalized spacial score (nSPS) is 11.2. The van der Waals surface area contributed by atoms with Crippen LogP contribution in [0.15, 0.2) is 24.3 Å². The Labute approximate surface area is 97.4 Å². The number of hydrogen-bond acceptors (Lipinski definition) is 5. The largest absolute Gasteiger partial charge is 0.305 e. The molecule has 0 aliphatic rings. The zero-order chi connectivity index (χ0) is 11.8. The number of nitrogen functional groups attached to an aromatic ring is 1. The zero-order valence-corrected chi connectivity index (χ0v) is 9.38. The average molecular weight is 228 g/mol. The van der Waals surface area contributed by atoms with Crippen LogP contribution in [-0.2, 0) is 6.42 Å². The van der Waals surface area contributed by atoms with E-state index in [4.69, 9.17) is 5.84 Å². The summed E-state index contributed by atoms with van der Waals surface area (Å²) in [5, 5.41) is 13.7. The second kappa shape index (κ2) is 3.67. The van der Waals surface area contributed by atoms with Crippen molar-refractivity contribution in [2.75, 3.05) is 5.43 Å². The second-order valence-electron chi connectivity index (χ2n) is 3.74. The molecule has 0 amide bonds. The number of nitrogens with zero attached hydrogens (tertiary/aromatic N) is 4. The molecule has 0 unspecified atom stereocenters. The molecule has 0 saturated carbocycles. The van der Waals surface area contributed by atoms with Crippen LogP contribution in [-0.4, -0.2) is 19.8 Å². The topological polar surface area (TPSA) is 81.1 Å². The lowest BCUT2D eigenvalue weighted by Gasteiger charge is -2.04. The average Bonchev–Trinajstić information content (AvgIpc) is 2.77. The molecule has 3 rings (SSSR count). The van der Waals surface area contributed by atoms with Crippen LogP contribution in [0.4, 0.5) is 5.82 Å². The van der Waals surface area contributed by atoms with Crippen molar-refractivity contribution in [2.45, 2.75) is 13.3 Å². The number of benzene rings is 1. The molecule has 17 heavy (non-hydrogen) atoms. The summed E-state index contributed by atoms with van der Waals surface area (Å²) < 4.78 is 1.80. The van der Waals surface area contributed by atoms with Gasteiger partial charge in [0.15, 0.2) is 11.6 Å². The van der Waals surface area contributed by atoms with E-state index in [1.807, 2.05) is 31.2 Å². The predicted molar refractivity (Wildman–Crippen MR) is 65.5 cm³/mol. The van der Waals surface area contributed by atoms with Crippen LogP contribution >= 0.6 is 0 Å². The first-order chi connectivity index (χ1) is 8.35. The molecule has 0 aliphatic heterocycles. The first-order valence-corrected chi connectivity index (χ1v) is 5.44. The number of nitrogens with one attached hydrogen (secondary N) is 1. The maximum Gasteiger partial charge on any atom is 0.189 e. The summed E-state index contributed by atoms with van der Waals surface area (Å²) in [5.41, 5.74) is 4.35. The molecule has 2 heterocycles. The van der Waals surface area contributed by atoms with E-state index in [9.17, 15) is 0 Å². The molecular formula is C11H12N6. The summed E-state index contributed by atoms with van der Waals surface area (Å²) in [6.45, 7) is 2.02. The quantitative estimate of drug-likeness (QED) is 0.507. The molecule has 0 spiro atoms. The molecule has 2 aromatic heterocycles. The highest BCUT2D eigenvalue weighted by Crippen LogP contribution is 2.24. The summed E-state index contributed by atoms with van der Waals surface area (Å²) in [6, 6.07) is 7.88. The summed E-state index contributed by atoms with van der Waals surface area (Å²) >= 11 is 0. The van der Waals surface area contributed by atoms with Crippen molar-refractivity contribution in [1.29, 1.82) is 0 Å². The molecule has 6 heteroatoms. The van der Waals surface area contributed by atoms with Crippen molar-refractivity contribution in [1.82, 2.24) is 19.8 Å². The van der Waals surface area contributed by atoms with E-state index in [1.165, 1.54) is 0 Å². The Bertz CT molecular complexity index is 687. The Hall–Kier alpha value is -2.21. The maximum absolute atomic E-state index is 5.46. The van der Waals surface area contributed by atoms with Crippen LogP contribution < -0.4 is 11.3 Å². The zero-order valence-electron chi connectivity index (χ0n) is 9.38. The third-order valence-corrected chi connectivity index (χ3v) is 2.77. The lowest BCUT2D eigenvalue weighted by atomic mass is 10.2. The van der Waals surface area contributed by atoms with Gasteiger partial charge in [0.25, 0.3) is 0 Å². The molecular weight excluding hydrogens is 216 g/mol. The highest BCUT2D eigenvalue weighted by molar-refractivity contribution is 5.99. The van der Waals surface area contributed by atoms with E-state index in [2.05, 4.69) is 20.7 Å². The van der Waals surface area contributed by atoms with Gasteiger partial charge in [-0.2, -0.15) is 5.10 Å². The van der Waals surface area contributed by atoms with Gasteiger partial charge in [0, 0.05) is 11.8 Å². The molecule has 1 aromatic carbocycles. The van der Waals surface area contributed by atoms with Crippen molar-refractivity contribution < 1.29 is 0 Å². The first-order valence-electron chi connectivity index (χ1n) is 5.44. The van der Waals surface area contributed by atoms with E-state index in [-0.39, 0.29) is 0 Å². The van der Waals surface area contributed by atoms with E-state index >= 15 is 0 Å². The minimum absolute atomic E-state index is 0.538. The molecule has 3 aromatic rings. The van der Waals surface area contributed by atoms with E-state index in [1.54, 1.807) is 4.52 Å². The highest BCUT2D eigenvalue weighted by atomic mass is 15.4. The number of hydrogen-bond donors (Lipinski definition) is 2. The van der Waals surface area contributed by atoms with E-state index < -0.39 is 0 Å². The third kappa shape index (κ3) is 1.34. The van der Waals surface area contributed by atoms with Crippen LogP contribution in [0.1, 0.15) is 12.7 Å². The van der Waals surface area contributed by atoms with Gasteiger partial charge in [-0.15, -0.1) is 10.2 Å². The number of hydrazine groups is 1. The van der Waals surface area contributed by atoms with Crippen molar-refractivity contribution in [2.24, 2.45) is 5.84 Å². The number of aryl methyl sites for hydroxylation is 1. The van der Waals surface area contributed by atoms with Crippen molar-refractivity contribution >= 4 is 22.2 Å². The number of aromatic nitrogens is 4. The standard InChI is InChI=1S/C11H12N6/c1-2-9-14-15-11(13-12)10-7-5-3-4-6-8(7)16-17(9)10/h3-6H,2,12H2,1H3,(H,13,15). The fraction of sp³-hybridized carbons (Fsp3) is 0.182. The van der Waals surface area contributed by atoms with Crippen LogP contribution in [0.25, 0.3) is 16.4 Å². The second-order valence-corrected chi connectivity index (χ2v) is 3.74. The molecule has 0 bridgehead atoms. The molecule has 3 N–H and O–H groups in total. The lowest BCUT2D eigenvalue weighted by molar-refractivity contribution is 0.772. The number of fused-ring (bicyclic) bond motifs is 3. The SMILES string of the molecule is CCc1nnc(NN)c2c3ccccc3nn12. The Balaban J connectivity index is 2.53. The Morgan fingerprint density at radius 2 is 2.12 bits per heavy atom. The Morgan fingerprint density at radius 3 is 2.88 bits per heavy atom. The number of rotatable bonds is 2. The molecule has 0 radical (unpaired) electrons. The molecule has 86 valence electrons. The number of nitrogens with two attached hydrogens (primary N) is 1. The minimum atomic E-state index is 0.538. The molecule has 0 fully saturated rings. The Morgan fingerprint density at radius 1 is 1.29 bits per heavy atom. The van der Waals surface area contributed by atoms with Crippen LogP contribution in [0.2, 0.25) is 0 Å². The first kappa shape index (κ1) is 9.98. The maximum atomic E-state index is 5.46. The molecule has 0 saturated heterocycles. The van der Waals surface area contributed by atoms with Gasteiger partial charge in [-0.3, -0.25) is 0 Å². The van der Waals surface area contributed by atoms with Gasteiger partial charge < -0.3 is 5.43 Å². The predicted octanol–water partition coefficient (Wildman–Crippen LogP) is 1.13. The van der Waals surface area contributed by atoms with Gasteiger partial charge in [-0.1, -0.05) is 25.1 Å². The van der Waals surface area contributed by atoms with Crippen LogP contribution in [0, 0.1) is 0 Å². The highest BCUT2D eigenvalue weighted by Gasteiger charge is 2.13. The monoisotopic (exact) mass is 228 g/mol. The summed E-state index contributed by atoms with van der Waals surface area (Å²) in [7, 11) is 0. The molecule has 6 nitrogen and oxygen atoms in total. The number of anilines is 1. The van der Waals surface area contributed by atoms with Gasteiger partial charge in [-0.05, 0) is 6.07 Å². The van der Waals surface area contributed by atoms with E-state index in [0.29, 0.717) is 5.82 Å². The van der Waals surface area contributed by atoms with Crippen molar-refractivity contribution in [3.63, 3.8) is 0 Å². The minimum Gasteiger partial charge on any atom is -0.305 e. The lowest BCUT2D eigenvalue weighted by Crippen LogP contribution is -2.13. The third-order valence-electron chi connectivity index (χ3n) is 2.77. The molecule has 0 atom stereocenters. The van der Waals surface area contributed by atoms with Gasteiger partial charge >= 0.3 is 0 Å². The summed E-state index contributed by atoms with van der Waals surface area (Å²) in [4.78, 5) is 0.